The Morgan fingerprint density at radius 1 is 1.63 bits per heavy atom. The first-order chi connectivity index (χ1) is 8.74. The van der Waals surface area contributed by atoms with E-state index in [1.165, 1.54) is 13.1 Å². The first kappa shape index (κ1) is 15.6. The van der Waals surface area contributed by atoms with Gasteiger partial charge in [0.25, 0.3) is 5.91 Å². The van der Waals surface area contributed by atoms with Crippen molar-refractivity contribution in [1.82, 2.24) is 4.98 Å². The van der Waals surface area contributed by atoms with Crippen LogP contribution in [-0.2, 0) is 11.0 Å². The van der Waals surface area contributed by atoms with Gasteiger partial charge in [-0.3, -0.25) is 9.78 Å². The second-order valence-electron chi connectivity index (χ2n) is 3.79. The largest absolute Gasteiger partial charge is 0.871 e. The van der Waals surface area contributed by atoms with E-state index in [4.69, 9.17) is 15.5 Å². The number of pyridine rings is 1. The predicted octanol–water partition coefficient (Wildman–Crippen LogP) is -2.02. The maximum atomic E-state index is 11.8. The van der Waals surface area contributed by atoms with Gasteiger partial charge in [0.05, 0.1) is 6.54 Å². The fourth-order valence-electron chi connectivity index (χ4n) is 1.32. The van der Waals surface area contributed by atoms with Crippen LogP contribution in [0, 0.1) is 6.92 Å². The molecule has 0 aliphatic rings. The van der Waals surface area contributed by atoms with Crippen LogP contribution >= 0.6 is 7.94 Å². The van der Waals surface area contributed by atoms with Crippen molar-refractivity contribution in [3.8, 4) is 5.75 Å². The third kappa shape index (κ3) is 4.62. The van der Waals surface area contributed by atoms with Crippen LogP contribution in [0.3, 0.4) is 0 Å². The molecule has 9 heteroatoms. The van der Waals surface area contributed by atoms with Gasteiger partial charge >= 0.3 is 0 Å². The summed E-state index contributed by atoms with van der Waals surface area (Å²) in [6, 6.07) is 0. The van der Waals surface area contributed by atoms with E-state index in [0.717, 1.165) is 6.21 Å². The normalized spacial score (nSPS) is 12.1. The number of aryl methyl sites for hydroxylation is 1. The highest BCUT2D eigenvalue weighted by molar-refractivity contribution is 7.56. The predicted molar refractivity (Wildman–Crippen MR) is 65.1 cm³/mol. The van der Waals surface area contributed by atoms with Crippen molar-refractivity contribution in [1.29, 1.82) is 0 Å². The van der Waals surface area contributed by atoms with E-state index in [9.17, 15) is 14.8 Å². The highest BCUT2D eigenvalue weighted by Gasteiger charge is 2.21. The van der Waals surface area contributed by atoms with Crippen molar-refractivity contribution < 1.29 is 24.6 Å². The molecule has 4 N–H and O–H groups in total. The van der Waals surface area contributed by atoms with Crippen molar-refractivity contribution in [2.24, 2.45) is 10.7 Å². The molecule has 0 saturated carbocycles. The van der Waals surface area contributed by atoms with E-state index in [-0.39, 0.29) is 23.4 Å². The Hall–Kier alpha value is -1.44. The second-order valence-corrected chi connectivity index (χ2v) is 5.44. The van der Waals surface area contributed by atoms with Crippen molar-refractivity contribution in [3.63, 3.8) is 0 Å². The quantitative estimate of drug-likeness (QED) is 0.426. The van der Waals surface area contributed by atoms with Gasteiger partial charge in [0.15, 0.2) is 0 Å². The topological polar surface area (TPSA) is 155 Å². The van der Waals surface area contributed by atoms with Crippen LogP contribution in [0.15, 0.2) is 11.2 Å². The number of carbonyl (C=O) groups is 1. The summed E-state index contributed by atoms with van der Waals surface area (Å²) < 4.78 is 0. The standard InChI is InChI=1S/C10H14N3O5P/c1-6-10(15)8(4-13-9(14)2-11)7(3-12-6)5-19(16,17)18/h3-4,15H,2,5,11H2,1H3,(H2,16,17,18)/p-1. The third-order valence-corrected chi connectivity index (χ3v) is 2.97. The molecule has 8 nitrogen and oxygen atoms in total. The minimum atomic E-state index is -4.35. The molecule has 1 aromatic rings. The monoisotopic (exact) mass is 286 g/mol. The molecule has 1 aromatic heterocycles. The summed E-state index contributed by atoms with van der Waals surface area (Å²) in [6.07, 6.45) is 1.51. The lowest BCUT2D eigenvalue weighted by molar-refractivity contribution is -0.269. The van der Waals surface area contributed by atoms with E-state index >= 15 is 0 Å². The third-order valence-electron chi connectivity index (χ3n) is 2.22. The zero-order chi connectivity index (χ0) is 14.6. The summed E-state index contributed by atoms with van der Waals surface area (Å²) in [7, 11) is -4.35. The minimum Gasteiger partial charge on any atom is -0.871 e. The number of carbonyl (C=O) groups excluding carboxylic acids is 1. The molecule has 1 amide bonds. The Labute approximate surface area is 109 Å². The Kier molecular flexibility index (Phi) is 5.04. The summed E-state index contributed by atoms with van der Waals surface area (Å²) in [5, 5.41) is 11.8. The maximum absolute atomic E-state index is 11.8. The molecule has 0 atom stereocenters. The summed E-state index contributed by atoms with van der Waals surface area (Å²) in [4.78, 5) is 47.0. The molecular formula is C10H13N3O5P-. The number of hydrogen-bond donors (Lipinski definition) is 3. The lowest BCUT2D eigenvalue weighted by Crippen LogP contribution is -2.14. The van der Waals surface area contributed by atoms with Crippen molar-refractivity contribution in [2.75, 3.05) is 6.54 Å². The first-order valence-corrected chi connectivity index (χ1v) is 7.01. The zero-order valence-corrected chi connectivity index (χ0v) is 11.0. The maximum Gasteiger partial charge on any atom is 0.259 e. The van der Waals surface area contributed by atoms with Crippen LogP contribution in [0.2, 0.25) is 0 Å². The van der Waals surface area contributed by atoms with Crippen LogP contribution in [-0.4, -0.2) is 33.4 Å². The fourth-order valence-corrected chi connectivity index (χ4v) is 2.02. The first-order valence-electron chi connectivity index (χ1n) is 5.21. The highest BCUT2D eigenvalue weighted by Crippen LogP contribution is 2.44. The average molecular weight is 286 g/mol. The highest BCUT2D eigenvalue weighted by atomic mass is 31.2. The molecule has 19 heavy (non-hydrogen) atoms. The van der Waals surface area contributed by atoms with Crippen LogP contribution in [0.4, 0.5) is 0 Å². The number of aromatic nitrogens is 1. The average Bonchev–Trinajstić information content (AvgIpc) is 2.31. The van der Waals surface area contributed by atoms with E-state index < -0.39 is 25.8 Å². The molecular weight excluding hydrogens is 273 g/mol. The molecule has 1 rings (SSSR count). The van der Waals surface area contributed by atoms with Gasteiger partial charge in [-0.25, -0.2) is 14.8 Å². The lowest BCUT2D eigenvalue weighted by Gasteiger charge is -2.20. The number of hydrogen-bond acceptors (Lipinski definition) is 7. The molecule has 0 bridgehead atoms. The molecule has 0 fully saturated rings. The van der Waals surface area contributed by atoms with Gasteiger partial charge in [-0.05, 0) is 12.5 Å². The number of nitrogens with zero attached hydrogens (tertiary/aromatic N) is 2. The Bertz CT molecular complexity index is 513. The minimum absolute atomic E-state index is 0.0394. The van der Waals surface area contributed by atoms with Gasteiger partial charge in [-0.2, -0.15) is 0 Å². The van der Waals surface area contributed by atoms with E-state index in [1.54, 1.807) is 0 Å². The van der Waals surface area contributed by atoms with Crippen molar-refractivity contribution >= 4 is 20.1 Å². The lowest BCUT2D eigenvalue weighted by atomic mass is 10.1. The molecule has 0 radical (unpaired) electrons. The molecule has 0 unspecified atom stereocenters. The molecule has 0 aliphatic heterocycles. The van der Waals surface area contributed by atoms with Gasteiger partial charge in [0.2, 0.25) is 7.94 Å². The molecule has 0 saturated heterocycles. The molecule has 1 heterocycles. The zero-order valence-electron chi connectivity index (χ0n) is 10.1. The number of nitrogens with two attached hydrogens (primary N) is 1. The summed E-state index contributed by atoms with van der Waals surface area (Å²) in [5.41, 5.74) is 5.20. The number of amides is 1. The SMILES string of the molecule is Cc1ncc(C[P+]([O-])(O)O)c(C=NC(=O)CN)c1[O-]. The van der Waals surface area contributed by atoms with Crippen LogP contribution in [0.1, 0.15) is 16.8 Å². The molecule has 0 aliphatic carbocycles. The second kappa shape index (κ2) is 6.14. The Balaban J connectivity index is 3.21. The van der Waals surface area contributed by atoms with E-state index in [2.05, 4.69) is 9.98 Å². The van der Waals surface area contributed by atoms with Gasteiger partial charge in [0.1, 0.15) is 6.16 Å². The summed E-state index contributed by atoms with van der Waals surface area (Å²) in [6.45, 7) is 1.13. The van der Waals surface area contributed by atoms with Gasteiger partial charge in [-0.15, -0.1) is 0 Å². The smallest absolute Gasteiger partial charge is 0.259 e. The van der Waals surface area contributed by atoms with Crippen LogP contribution < -0.4 is 15.7 Å². The Morgan fingerprint density at radius 2 is 2.26 bits per heavy atom. The van der Waals surface area contributed by atoms with E-state index in [0.29, 0.717) is 0 Å². The number of aliphatic imine (C=N–C) groups is 1. The van der Waals surface area contributed by atoms with Crippen LogP contribution in [0.25, 0.3) is 0 Å². The Morgan fingerprint density at radius 3 is 2.79 bits per heavy atom. The van der Waals surface area contributed by atoms with Crippen LogP contribution in [0.5, 0.6) is 5.75 Å². The molecule has 104 valence electrons. The van der Waals surface area contributed by atoms with Crippen molar-refractivity contribution in [3.05, 3.63) is 23.0 Å². The van der Waals surface area contributed by atoms with Gasteiger partial charge < -0.3 is 15.7 Å². The van der Waals surface area contributed by atoms with Gasteiger partial charge in [-0.1, -0.05) is 5.75 Å². The molecule has 0 spiro atoms. The number of rotatable bonds is 4. The van der Waals surface area contributed by atoms with Gasteiger partial charge in [0, 0.05) is 23.7 Å². The fraction of sp³-hybridized carbons (Fsp3) is 0.300. The van der Waals surface area contributed by atoms with E-state index in [1.807, 2.05) is 0 Å². The molecule has 0 aromatic carbocycles. The summed E-state index contributed by atoms with van der Waals surface area (Å²) in [5.74, 6) is -1.17. The summed E-state index contributed by atoms with van der Waals surface area (Å²) >= 11 is 0. The van der Waals surface area contributed by atoms with Crippen molar-refractivity contribution in [2.45, 2.75) is 13.1 Å².